The second-order valence-electron chi connectivity index (χ2n) is 17.2. The number of terminal acetylenes is 1. The van der Waals surface area contributed by atoms with Crippen LogP contribution in [0.2, 0.25) is 0 Å². The van der Waals surface area contributed by atoms with Gasteiger partial charge in [-0.1, -0.05) is 79.2 Å². The van der Waals surface area contributed by atoms with Gasteiger partial charge >= 0.3 is 12.1 Å². The summed E-state index contributed by atoms with van der Waals surface area (Å²) in [5.41, 5.74) is -0.791. The Bertz CT molecular complexity index is 1430. The zero-order valence-electron chi connectivity index (χ0n) is 33.1. The van der Waals surface area contributed by atoms with Gasteiger partial charge in [0, 0.05) is 26.1 Å². The first kappa shape index (κ1) is 42.7. The quantitative estimate of drug-likeness (QED) is 0.0841. The van der Waals surface area contributed by atoms with Crippen LogP contribution in [0.3, 0.4) is 0 Å². The summed E-state index contributed by atoms with van der Waals surface area (Å²) in [5, 5.41) is 14.2. The van der Waals surface area contributed by atoms with Gasteiger partial charge in [0.25, 0.3) is 5.91 Å². The highest BCUT2D eigenvalue weighted by molar-refractivity contribution is 6.38. The van der Waals surface area contributed by atoms with Gasteiger partial charge in [-0.25, -0.2) is 9.59 Å². The fraction of sp³-hybridized carbons (Fsp3) is 0.756. The lowest BCUT2D eigenvalue weighted by Gasteiger charge is -2.43. The molecule has 0 aromatic carbocycles. The molecule has 1 saturated heterocycles. The summed E-state index contributed by atoms with van der Waals surface area (Å²) in [6, 6.07) is -3.96. The van der Waals surface area contributed by atoms with Crippen molar-refractivity contribution in [3.05, 3.63) is 12.7 Å². The fourth-order valence-corrected chi connectivity index (χ4v) is 9.00. The molecule has 0 radical (unpaired) electrons. The highest BCUT2D eigenvalue weighted by atomic mass is 16.5. The molecule has 1 heterocycles. The van der Waals surface area contributed by atoms with Crippen LogP contribution in [0.5, 0.6) is 0 Å². The molecule has 3 aliphatic carbocycles. The van der Waals surface area contributed by atoms with Gasteiger partial charge in [0.1, 0.15) is 18.7 Å². The number of nitrogens with zero attached hydrogens (tertiary/aromatic N) is 1. The summed E-state index contributed by atoms with van der Waals surface area (Å²) in [6.45, 7) is 14.6. The Balaban J connectivity index is 1.56. The topological polar surface area (TPSA) is 175 Å². The average molecular weight is 753 g/mol. The van der Waals surface area contributed by atoms with Crippen LogP contribution >= 0.6 is 0 Å². The molecule has 0 bridgehead atoms. The van der Waals surface area contributed by atoms with Crippen LogP contribution in [0.1, 0.15) is 112 Å². The molecule has 5 N–H and O–H groups in total. The molecule has 0 spiro atoms. The van der Waals surface area contributed by atoms with Gasteiger partial charge in [-0.3, -0.25) is 19.2 Å². The van der Waals surface area contributed by atoms with Crippen LogP contribution in [-0.2, 0) is 23.9 Å². The second-order valence-corrected chi connectivity index (χ2v) is 17.2. The molecule has 300 valence electrons. The number of carbonyl (C=O) groups is 6. The van der Waals surface area contributed by atoms with E-state index in [9.17, 15) is 28.8 Å². The predicted molar refractivity (Wildman–Crippen MR) is 206 cm³/mol. The molecule has 4 rings (SSSR count). The predicted octanol–water partition coefficient (Wildman–Crippen LogP) is 4.21. The lowest BCUT2D eigenvalue weighted by atomic mass is 9.70. The third-order valence-corrected chi connectivity index (χ3v) is 12.4. The number of amides is 6. The summed E-state index contributed by atoms with van der Waals surface area (Å²) in [6.07, 6.45) is 15.9. The highest BCUT2D eigenvalue weighted by Gasteiger charge is 2.70. The van der Waals surface area contributed by atoms with Crippen LogP contribution in [-0.4, -0.2) is 90.9 Å². The van der Waals surface area contributed by atoms with Crippen LogP contribution in [0, 0.1) is 46.8 Å². The Kier molecular flexibility index (Phi) is 15.0. The van der Waals surface area contributed by atoms with E-state index in [1.165, 1.54) is 6.08 Å². The number of alkyl carbamates (subject to hydrolysis) is 1. The minimum atomic E-state index is -1.17. The third-order valence-electron chi connectivity index (χ3n) is 12.4. The lowest BCUT2D eigenvalue weighted by molar-refractivity contribution is -0.146. The molecule has 13 nitrogen and oxygen atoms in total. The van der Waals surface area contributed by atoms with E-state index in [0.29, 0.717) is 13.1 Å². The molecule has 1 aliphatic heterocycles. The third kappa shape index (κ3) is 10.6. The normalized spacial score (nSPS) is 24.4. The zero-order chi connectivity index (χ0) is 39.6. The number of rotatable bonds is 17. The number of nitrogens with one attached hydrogen (secondary N) is 5. The van der Waals surface area contributed by atoms with E-state index >= 15 is 0 Å². The number of urea groups is 1. The average Bonchev–Trinajstić information content (AvgIpc) is 3.44. The smallest absolute Gasteiger partial charge is 0.407 e. The molecule has 0 aromatic heterocycles. The molecule has 3 saturated carbocycles. The standard InChI is InChI=1S/C41H64N6O7/c1-8-10-19-29(33(48)36(50)42-22-9-2)44-35(49)32-31-28(40(31,5)6)24-47(32)37(51)34(41(7)20-15-12-16-21-41)46-38(52)45-30(27-17-13-11-14-18-27)25-54-39(53)43-23-26(3)4/h1,9,26-32,34H,2,10-25H2,3-7H3,(H,42,50)(H,43,53)(H,44,49)(H2,45,46,52)/t28-,29?,30+,31-,32-,34+/m0/s1. The first-order chi connectivity index (χ1) is 25.6. The fourth-order valence-electron chi connectivity index (χ4n) is 9.00. The molecule has 54 heavy (non-hydrogen) atoms. The Labute approximate surface area is 321 Å². The molecular weight excluding hydrogens is 688 g/mol. The maximum Gasteiger partial charge on any atom is 0.407 e. The number of piperidine rings is 1. The van der Waals surface area contributed by atoms with E-state index in [2.05, 4.69) is 52.9 Å². The van der Waals surface area contributed by atoms with Crippen LogP contribution in [0.25, 0.3) is 0 Å². The van der Waals surface area contributed by atoms with Gasteiger partial charge in [0.15, 0.2) is 0 Å². The van der Waals surface area contributed by atoms with E-state index in [1.54, 1.807) is 4.90 Å². The van der Waals surface area contributed by atoms with Crippen molar-refractivity contribution < 1.29 is 33.5 Å². The summed E-state index contributed by atoms with van der Waals surface area (Å²) in [5.74, 6) is 0.213. The molecule has 6 atom stereocenters. The van der Waals surface area contributed by atoms with Crippen molar-refractivity contribution >= 4 is 35.6 Å². The van der Waals surface area contributed by atoms with Crippen molar-refractivity contribution in [1.82, 2.24) is 31.5 Å². The maximum absolute atomic E-state index is 14.9. The van der Waals surface area contributed by atoms with E-state index < -0.39 is 59.3 Å². The van der Waals surface area contributed by atoms with Crippen molar-refractivity contribution in [2.45, 2.75) is 136 Å². The minimum Gasteiger partial charge on any atom is -0.447 e. The van der Waals surface area contributed by atoms with E-state index in [4.69, 9.17) is 11.2 Å². The Hall–Kier alpha value is -4.08. The van der Waals surface area contributed by atoms with Gasteiger partial charge in [-0.15, -0.1) is 18.9 Å². The minimum absolute atomic E-state index is 0.00981. The molecule has 1 unspecified atom stereocenters. The summed E-state index contributed by atoms with van der Waals surface area (Å²) in [4.78, 5) is 83.0. The number of ketones is 1. The van der Waals surface area contributed by atoms with Crippen molar-refractivity contribution in [1.29, 1.82) is 0 Å². The summed E-state index contributed by atoms with van der Waals surface area (Å²) >= 11 is 0. The highest BCUT2D eigenvalue weighted by Crippen LogP contribution is 2.65. The van der Waals surface area contributed by atoms with Crippen molar-refractivity contribution in [3.63, 3.8) is 0 Å². The monoisotopic (exact) mass is 752 g/mol. The van der Waals surface area contributed by atoms with Crippen molar-refractivity contribution in [2.75, 3.05) is 26.2 Å². The molecule has 13 heteroatoms. The van der Waals surface area contributed by atoms with Gasteiger partial charge < -0.3 is 36.2 Å². The maximum atomic E-state index is 14.9. The van der Waals surface area contributed by atoms with E-state index in [0.717, 1.165) is 64.2 Å². The number of ether oxygens (including phenoxy) is 1. The molecule has 4 aliphatic rings. The number of Topliss-reactive ketones (excluding diaryl/α,β-unsaturated/α-hetero) is 1. The summed E-state index contributed by atoms with van der Waals surface area (Å²) in [7, 11) is 0. The largest absolute Gasteiger partial charge is 0.447 e. The number of fused-ring (bicyclic) bond motifs is 1. The first-order valence-corrected chi connectivity index (χ1v) is 20.1. The van der Waals surface area contributed by atoms with Crippen molar-refractivity contribution in [3.8, 4) is 12.3 Å². The number of carbonyl (C=O) groups excluding carboxylic acids is 6. The second kappa shape index (κ2) is 19.0. The van der Waals surface area contributed by atoms with E-state index in [1.807, 2.05) is 20.8 Å². The van der Waals surface area contributed by atoms with Gasteiger partial charge in [0.05, 0.1) is 12.1 Å². The zero-order valence-corrected chi connectivity index (χ0v) is 33.1. The molecule has 6 amide bonds. The Morgan fingerprint density at radius 2 is 1.61 bits per heavy atom. The first-order valence-electron chi connectivity index (χ1n) is 20.1. The van der Waals surface area contributed by atoms with Gasteiger partial charge in [0.2, 0.25) is 17.6 Å². The number of hydrogen-bond donors (Lipinski definition) is 5. The van der Waals surface area contributed by atoms with Crippen LogP contribution < -0.4 is 26.6 Å². The number of hydrogen-bond acceptors (Lipinski definition) is 7. The molecule has 0 aromatic rings. The SMILES string of the molecule is C#CCCC(NC(=O)[C@@H]1[C@@H]2[C@H](CN1C(=O)[C@@H](NC(=O)N[C@H](COC(=O)NCC(C)C)C1CCCCC1)C1(C)CCCCC1)C2(C)C)C(=O)C(=O)NCC=C. The lowest BCUT2D eigenvalue weighted by Crippen LogP contribution is -2.63. The van der Waals surface area contributed by atoms with Crippen molar-refractivity contribution in [2.24, 2.45) is 34.5 Å². The molecular formula is C41H64N6O7. The Morgan fingerprint density at radius 1 is 0.944 bits per heavy atom. The number of likely N-dealkylation sites (tertiary alicyclic amines) is 1. The van der Waals surface area contributed by atoms with Crippen LogP contribution in [0.15, 0.2) is 12.7 Å². The summed E-state index contributed by atoms with van der Waals surface area (Å²) < 4.78 is 5.59. The molecule has 4 fully saturated rings. The van der Waals surface area contributed by atoms with Gasteiger partial charge in [-0.2, -0.15) is 0 Å². The Morgan fingerprint density at radius 3 is 2.24 bits per heavy atom. The van der Waals surface area contributed by atoms with Crippen LogP contribution in [0.4, 0.5) is 9.59 Å². The van der Waals surface area contributed by atoms with E-state index in [-0.39, 0.29) is 61.0 Å². The van der Waals surface area contributed by atoms with Gasteiger partial charge in [-0.05, 0) is 66.6 Å².